The summed E-state index contributed by atoms with van der Waals surface area (Å²) in [4.78, 5) is 21.0. The van der Waals surface area contributed by atoms with E-state index in [1.807, 2.05) is 25.1 Å². The third kappa shape index (κ3) is 3.48. The fraction of sp³-hybridized carbons (Fsp3) is 0.600. The molecule has 110 valence electrons. The molecule has 1 aromatic heterocycles. The topological polar surface area (TPSA) is 48.5 Å². The maximum absolute atomic E-state index is 12.4. The lowest BCUT2D eigenvalue weighted by atomic mass is 10.1. The standard InChI is InChI=1S/C15H24N4O/c1-4-19-10-6-7-12(11-19)17-15(20)13-8-5-9-16-14(13)18(2)3/h5,8-9,12H,4,6-7,10-11H2,1-3H3,(H,17,20). The Morgan fingerprint density at radius 2 is 2.35 bits per heavy atom. The largest absolute Gasteiger partial charge is 0.362 e. The third-order valence-electron chi connectivity index (χ3n) is 3.74. The van der Waals surface area contributed by atoms with Gasteiger partial charge in [-0.1, -0.05) is 6.92 Å². The fourth-order valence-electron chi connectivity index (χ4n) is 2.65. The van der Waals surface area contributed by atoms with Crippen molar-refractivity contribution in [2.45, 2.75) is 25.8 Å². The molecule has 0 radical (unpaired) electrons. The van der Waals surface area contributed by atoms with Crippen LogP contribution in [0, 0.1) is 0 Å². The smallest absolute Gasteiger partial charge is 0.255 e. The van der Waals surface area contributed by atoms with E-state index in [1.54, 1.807) is 12.3 Å². The Morgan fingerprint density at radius 1 is 1.55 bits per heavy atom. The molecule has 0 aliphatic carbocycles. The second kappa shape index (κ2) is 6.70. The number of hydrogen-bond donors (Lipinski definition) is 1. The van der Waals surface area contributed by atoms with Gasteiger partial charge in [-0.15, -0.1) is 0 Å². The Bertz CT molecular complexity index is 461. The predicted octanol–water partition coefficient (Wildman–Crippen LogP) is 1.36. The first-order valence-electron chi connectivity index (χ1n) is 7.27. The lowest BCUT2D eigenvalue weighted by Crippen LogP contribution is -2.47. The summed E-state index contributed by atoms with van der Waals surface area (Å²) in [6.45, 7) is 5.29. The van der Waals surface area contributed by atoms with Crippen molar-refractivity contribution in [3.8, 4) is 0 Å². The van der Waals surface area contributed by atoms with Gasteiger partial charge in [0.25, 0.3) is 5.91 Å². The minimum absolute atomic E-state index is 0.0234. The molecule has 20 heavy (non-hydrogen) atoms. The van der Waals surface area contributed by atoms with E-state index < -0.39 is 0 Å². The van der Waals surface area contributed by atoms with Crippen LogP contribution >= 0.6 is 0 Å². The predicted molar refractivity (Wildman–Crippen MR) is 81.2 cm³/mol. The summed E-state index contributed by atoms with van der Waals surface area (Å²) in [6.07, 6.45) is 3.91. The molecule has 0 bridgehead atoms. The van der Waals surface area contributed by atoms with Gasteiger partial charge in [-0.05, 0) is 38.1 Å². The van der Waals surface area contributed by atoms with Gasteiger partial charge in [0, 0.05) is 32.9 Å². The number of likely N-dealkylation sites (tertiary alicyclic amines) is 1. The number of nitrogens with zero attached hydrogens (tertiary/aromatic N) is 3. The van der Waals surface area contributed by atoms with E-state index >= 15 is 0 Å². The van der Waals surface area contributed by atoms with Crippen molar-refractivity contribution in [2.24, 2.45) is 0 Å². The summed E-state index contributed by atoms with van der Waals surface area (Å²) in [5.74, 6) is 0.693. The molecular formula is C15H24N4O. The Hall–Kier alpha value is -1.62. The van der Waals surface area contributed by atoms with Crippen LogP contribution in [0.3, 0.4) is 0 Å². The number of anilines is 1. The van der Waals surface area contributed by atoms with E-state index in [0.717, 1.165) is 32.5 Å². The highest BCUT2D eigenvalue weighted by atomic mass is 16.1. The monoisotopic (exact) mass is 276 g/mol. The van der Waals surface area contributed by atoms with E-state index in [0.29, 0.717) is 11.4 Å². The van der Waals surface area contributed by atoms with Crippen LogP contribution in [0.25, 0.3) is 0 Å². The normalized spacial score (nSPS) is 19.6. The second-order valence-corrected chi connectivity index (χ2v) is 5.47. The molecule has 1 unspecified atom stereocenters. The molecule has 1 saturated heterocycles. The average Bonchev–Trinajstić information content (AvgIpc) is 2.47. The summed E-state index contributed by atoms with van der Waals surface area (Å²) in [6, 6.07) is 3.88. The Balaban J connectivity index is 2.05. The van der Waals surface area contributed by atoms with Gasteiger partial charge in [-0.25, -0.2) is 4.98 Å². The number of rotatable bonds is 4. The first kappa shape index (κ1) is 14.8. The zero-order valence-corrected chi connectivity index (χ0v) is 12.6. The number of likely N-dealkylation sites (N-methyl/N-ethyl adjacent to an activating group) is 1. The van der Waals surface area contributed by atoms with Crippen LogP contribution in [0.4, 0.5) is 5.82 Å². The zero-order valence-electron chi connectivity index (χ0n) is 12.6. The van der Waals surface area contributed by atoms with Crippen molar-refractivity contribution >= 4 is 11.7 Å². The molecule has 5 heteroatoms. The maximum atomic E-state index is 12.4. The van der Waals surface area contributed by atoms with E-state index in [2.05, 4.69) is 22.1 Å². The summed E-state index contributed by atoms with van der Waals surface area (Å²) in [5, 5.41) is 3.15. The van der Waals surface area contributed by atoms with Gasteiger partial charge in [-0.3, -0.25) is 4.79 Å². The van der Waals surface area contributed by atoms with Crippen molar-refractivity contribution < 1.29 is 4.79 Å². The van der Waals surface area contributed by atoms with E-state index in [4.69, 9.17) is 0 Å². The number of hydrogen-bond acceptors (Lipinski definition) is 4. The Kier molecular flexibility index (Phi) is 4.95. The molecule has 1 aromatic rings. The van der Waals surface area contributed by atoms with Crippen molar-refractivity contribution in [3.05, 3.63) is 23.9 Å². The van der Waals surface area contributed by atoms with Gasteiger partial charge in [0.2, 0.25) is 0 Å². The van der Waals surface area contributed by atoms with Gasteiger partial charge in [-0.2, -0.15) is 0 Å². The second-order valence-electron chi connectivity index (χ2n) is 5.47. The molecule has 1 amide bonds. The van der Waals surface area contributed by atoms with Crippen molar-refractivity contribution in [1.82, 2.24) is 15.2 Å². The van der Waals surface area contributed by atoms with Crippen molar-refractivity contribution in [1.29, 1.82) is 0 Å². The molecule has 0 saturated carbocycles. The van der Waals surface area contributed by atoms with Crippen LogP contribution in [-0.4, -0.2) is 55.6 Å². The van der Waals surface area contributed by atoms with Crippen LogP contribution in [0.15, 0.2) is 18.3 Å². The van der Waals surface area contributed by atoms with Crippen molar-refractivity contribution in [3.63, 3.8) is 0 Å². The van der Waals surface area contributed by atoms with Gasteiger partial charge in [0.15, 0.2) is 0 Å². The average molecular weight is 276 g/mol. The highest BCUT2D eigenvalue weighted by Crippen LogP contribution is 2.16. The summed E-state index contributed by atoms with van der Waals surface area (Å²) >= 11 is 0. The molecule has 1 N–H and O–H groups in total. The molecular weight excluding hydrogens is 252 g/mol. The zero-order chi connectivity index (χ0) is 14.5. The SMILES string of the molecule is CCN1CCCC(NC(=O)c2cccnc2N(C)C)C1. The molecule has 5 nitrogen and oxygen atoms in total. The van der Waals surface area contributed by atoms with E-state index in [9.17, 15) is 4.79 Å². The van der Waals surface area contributed by atoms with Gasteiger partial charge in [0.05, 0.1) is 5.56 Å². The number of piperidine rings is 1. The lowest BCUT2D eigenvalue weighted by Gasteiger charge is -2.32. The molecule has 2 heterocycles. The molecule has 0 spiro atoms. The third-order valence-corrected chi connectivity index (χ3v) is 3.74. The number of nitrogens with one attached hydrogen (secondary N) is 1. The quantitative estimate of drug-likeness (QED) is 0.902. The summed E-state index contributed by atoms with van der Waals surface area (Å²) in [7, 11) is 3.80. The lowest BCUT2D eigenvalue weighted by molar-refractivity contribution is 0.0906. The van der Waals surface area contributed by atoms with Crippen LogP contribution in [0.5, 0.6) is 0 Å². The first-order valence-corrected chi connectivity index (χ1v) is 7.27. The first-order chi connectivity index (χ1) is 9.61. The van der Waals surface area contributed by atoms with Crippen LogP contribution in [0.2, 0.25) is 0 Å². The Labute approximate surface area is 121 Å². The molecule has 1 aliphatic rings. The molecule has 0 aromatic carbocycles. The van der Waals surface area contributed by atoms with Gasteiger partial charge < -0.3 is 15.1 Å². The number of amides is 1. The summed E-state index contributed by atoms with van der Waals surface area (Å²) < 4.78 is 0. The Morgan fingerprint density at radius 3 is 3.05 bits per heavy atom. The van der Waals surface area contributed by atoms with E-state index in [-0.39, 0.29) is 11.9 Å². The number of aromatic nitrogens is 1. The minimum Gasteiger partial charge on any atom is -0.362 e. The molecule has 2 rings (SSSR count). The maximum Gasteiger partial charge on any atom is 0.255 e. The highest BCUT2D eigenvalue weighted by Gasteiger charge is 2.22. The fourth-order valence-corrected chi connectivity index (χ4v) is 2.65. The number of carbonyl (C=O) groups is 1. The van der Waals surface area contributed by atoms with Crippen LogP contribution in [-0.2, 0) is 0 Å². The summed E-state index contributed by atoms with van der Waals surface area (Å²) in [5.41, 5.74) is 0.645. The molecule has 1 aliphatic heterocycles. The van der Waals surface area contributed by atoms with Crippen molar-refractivity contribution in [2.75, 3.05) is 38.6 Å². The highest BCUT2D eigenvalue weighted by molar-refractivity contribution is 5.99. The van der Waals surface area contributed by atoms with Crippen LogP contribution in [0.1, 0.15) is 30.1 Å². The number of pyridine rings is 1. The van der Waals surface area contributed by atoms with Crippen LogP contribution < -0.4 is 10.2 Å². The number of carbonyl (C=O) groups excluding carboxylic acids is 1. The molecule has 1 atom stereocenters. The van der Waals surface area contributed by atoms with E-state index in [1.165, 1.54) is 0 Å². The molecule has 1 fully saturated rings. The minimum atomic E-state index is -0.0234. The van der Waals surface area contributed by atoms with Gasteiger partial charge in [0.1, 0.15) is 5.82 Å². The van der Waals surface area contributed by atoms with Gasteiger partial charge >= 0.3 is 0 Å².